The summed E-state index contributed by atoms with van der Waals surface area (Å²) in [7, 11) is 0. The number of hydrogen-bond acceptors (Lipinski definition) is 0. The summed E-state index contributed by atoms with van der Waals surface area (Å²) in [6, 6.07) is 0. The standard InChI is InChI=1S/C12H14/c1-2-6-9-5(1)11(6,9)12-7-3-4-8(12)10(7)12/h5-10H,1-4H2. The van der Waals surface area contributed by atoms with Gasteiger partial charge in [-0.3, -0.25) is 0 Å². The second-order valence-corrected chi connectivity index (χ2v) is 6.50. The van der Waals surface area contributed by atoms with Crippen molar-refractivity contribution in [3.05, 3.63) is 0 Å². The van der Waals surface area contributed by atoms with Gasteiger partial charge in [-0.2, -0.15) is 0 Å². The molecule has 0 aromatic rings. The number of fused-ring (bicyclic) bond motifs is 2. The van der Waals surface area contributed by atoms with Gasteiger partial charge in [0.25, 0.3) is 0 Å². The Labute approximate surface area is 72.7 Å². The monoisotopic (exact) mass is 158 g/mol. The van der Waals surface area contributed by atoms with Crippen molar-refractivity contribution < 1.29 is 0 Å². The summed E-state index contributed by atoms with van der Waals surface area (Å²) in [5.41, 5.74) is 2.15. The van der Waals surface area contributed by atoms with Crippen molar-refractivity contribution in [2.24, 2.45) is 46.3 Å². The van der Waals surface area contributed by atoms with Crippen LogP contribution >= 0.6 is 0 Å². The second kappa shape index (κ2) is 0.952. The molecule has 4 atom stereocenters. The molecule has 0 spiro atoms. The van der Waals surface area contributed by atoms with Crippen molar-refractivity contribution in [1.29, 1.82) is 0 Å². The van der Waals surface area contributed by atoms with Crippen molar-refractivity contribution in [2.75, 3.05) is 0 Å². The molecule has 0 heterocycles. The van der Waals surface area contributed by atoms with Crippen molar-refractivity contribution >= 4 is 0 Å². The molecule has 0 nitrogen and oxygen atoms in total. The van der Waals surface area contributed by atoms with Gasteiger partial charge in [0.05, 0.1) is 0 Å². The zero-order valence-corrected chi connectivity index (χ0v) is 7.29. The number of rotatable bonds is 1. The zero-order valence-electron chi connectivity index (χ0n) is 7.29. The van der Waals surface area contributed by atoms with E-state index in [1.807, 2.05) is 0 Å². The third-order valence-electron chi connectivity index (χ3n) is 7.18. The molecule has 0 N–H and O–H groups in total. The first-order valence-electron chi connectivity index (χ1n) is 5.95. The van der Waals surface area contributed by atoms with Crippen molar-refractivity contribution in [1.82, 2.24) is 0 Å². The first kappa shape index (κ1) is 5.02. The second-order valence-electron chi connectivity index (χ2n) is 6.50. The Bertz CT molecular complexity index is 265. The van der Waals surface area contributed by atoms with E-state index < -0.39 is 0 Å². The molecule has 8 saturated carbocycles. The third-order valence-corrected chi connectivity index (χ3v) is 7.18. The minimum absolute atomic E-state index is 1.07. The molecule has 0 radical (unpaired) electrons. The van der Waals surface area contributed by atoms with E-state index in [0.717, 1.165) is 10.8 Å². The largest absolute Gasteiger partial charge is 0.0493 e. The van der Waals surface area contributed by atoms with Crippen LogP contribution in [0.5, 0.6) is 0 Å². The van der Waals surface area contributed by atoms with Gasteiger partial charge >= 0.3 is 0 Å². The first-order chi connectivity index (χ1) is 5.95. The molecule has 0 saturated heterocycles. The fourth-order valence-corrected chi connectivity index (χ4v) is 7.18. The van der Waals surface area contributed by atoms with Gasteiger partial charge in [-0.1, -0.05) is 0 Å². The Morgan fingerprint density at radius 2 is 0.917 bits per heavy atom. The molecule has 8 rings (SSSR count). The molecule has 4 bridgehead atoms. The third kappa shape index (κ3) is 0.204. The highest BCUT2D eigenvalue weighted by Crippen LogP contribution is 3.11. The average molecular weight is 158 g/mol. The van der Waals surface area contributed by atoms with Gasteiger partial charge in [0.1, 0.15) is 0 Å². The van der Waals surface area contributed by atoms with Crippen LogP contribution < -0.4 is 0 Å². The van der Waals surface area contributed by atoms with Crippen molar-refractivity contribution in [3.8, 4) is 0 Å². The van der Waals surface area contributed by atoms with E-state index in [-0.39, 0.29) is 0 Å². The Morgan fingerprint density at radius 3 is 1.17 bits per heavy atom. The molecular formula is C12H14. The van der Waals surface area contributed by atoms with Crippen LogP contribution in [0.3, 0.4) is 0 Å². The van der Waals surface area contributed by atoms with Crippen LogP contribution in [0.15, 0.2) is 0 Å². The minimum atomic E-state index is 1.07. The molecular weight excluding hydrogens is 144 g/mol. The highest BCUT2D eigenvalue weighted by Gasteiger charge is 3.08. The summed E-state index contributed by atoms with van der Waals surface area (Å²) in [6.07, 6.45) is 6.57. The van der Waals surface area contributed by atoms with Crippen LogP contribution in [0.1, 0.15) is 25.7 Å². The molecule has 0 heteroatoms. The molecule has 62 valence electrons. The Balaban J connectivity index is 1.61. The maximum Gasteiger partial charge on any atom is -0.0136 e. The molecule has 8 aliphatic rings. The molecule has 0 amide bonds. The topological polar surface area (TPSA) is 0 Å². The minimum Gasteiger partial charge on any atom is -0.0493 e. The van der Waals surface area contributed by atoms with Crippen LogP contribution in [-0.4, -0.2) is 0 Å². The van der Waals surface area contributed by atoms with Gasteiger partial charge in [-0.25, -0.2) is 0 Å². The molecule has 4 unspecified atom stereocenters. The summed E-state index contributed by atoms with van der Waals surface area (Å²) >= 11 is 0. The van der Waals surface area contributed by atoms with Gasteiger partial charge in [-0.15, -0.1) is 0 Å². The van der Waals surface area contributed by atoms with Crippen LogP contribution in [0.4, 0.5) is 0 Å². The SMILES string of the molecule is C1CC2C3C1C23C12C3CCC1C32. The lowest BCUT2D eigenvalue weighted by Crippen LogP contribution is -2.12. The van der Waals surface area contributed by atoms with E-state index in [2.05, 4.69) is 0 Å². The Kier molecular flexibility index (Phi) is 0.398. The van der Waals surface area contributed by atoms with Crippen LogP contribution in [0.25, 0.3) is 0 Å². The van der Waals surface area contributed by atoms with E-state index in [0.29, 0.717) is 0 Å². The maximum absolute atomic E-state index is 1.64. The van der Waals surface area contributed by atoms with Crippen LogP contribution in [-0.2, 0) is 0 Å². The van der Waals surface area contributed by atoms with E-state index in [9.17, 15) is 0 Å². The lowest BCUT2D eigenvalue weighted by Gasteiger charge is -2.14. The van der Waals surface area contributed by atoms with E-state index >= 15 is 0 Å². The van der Waals surface area contributed by atoms with Gasteiger partial charge in [0.2, 0.25) is 0 Å². The lowest BCUT2D eigenvalue weighted by atomic mass is 9.89. The summed E-state index contributed by atoms with van der Waals surface area (Å²) in [4.78, 5) is 0. The molecule has 12 heavy (non-hydrogen) atoms. The quantitative estimate of drug-likeness (QED) is 0.549. The van der Waals surface area contributed by atoms with E-state index in [1.54, 1.807) is 25.7 Å². The van der Waals surface area contributed by atoms with E-state index in [1.165, 1.54) is 35.5 Å². The van der Waals surface area contributed by atoms with Gasteiger partial charge in [0.15, 0.2) is 0 Å². The highest BCUT2D eigenvalue weighted by molar-refractivity contribution is 5.54. The normalized spacial score (nSPS) is 94.0. The predicted molar refractivity (Wildman–Crippen MR) is 44.3 cm³/mol. The van der Waals surface area contributed by atoms with E-state index in [4.69, 9.17) is 0 Å². The molecule has 8 aliphatic carbocycles. The van der Waals surface area contributed by atoms with Gasteiger partial charge in [-0.05, 0) is 72.0 Å². The summed E-state index contributed by atoms with van der Waals surface area (Å²) in [6.45, 7) is 0. The van der Waals surface area contributed by atoms with Gasteiger partial charge in [0, 0.05) is 0 Å². The van der Waals surface area contributed by atoms with Crippen molar-refractivity contribution in [3.63, 3.8) is 0 Å². The molecule has 0 aromatic carbocycles. The maximum atomic E-state index is 1.64. The van der Waals surface area contributed by atoms with Crippen LogP contribution in [0.2, 0.25) is 0 Å². The molecule has 0 aromatic heterocycles. The Morgan fingerprint density at radius 1 is 0.583 bits per heavy atom. The summed E-state index contributed by atoms with van der Waals surface area (Å²) in [5.74, 6) is 7.79. The fraction of sp³-hybridized carbons (Fsp3) is 1.00. The Hall–Kier alpha value is 0. The molecule has 0 aliphatic heterocycles. The fourth-order valence-electron chi connectivity index (χ4n) is 7.18. The zero-order chi connectivity index (χ0) is 7.29. The smallest absolute Gasteiger partial charge is 0.0136 e. The van der Waals surface area contributed by atoms with Gasteiger partial charge < -0.3 is 0 Å². The summed E-state index contributed by atoms with van der Waals surface area (Å²) < 4.78 is 0. The number of hydrogen-bond donors (Lipinski definition) is 0. The van der Waals surface area contributed by atoms with Crippen molar-refractivity contribution in [2.45, 2.75) is 25.7 Å². The highest BCUT2D eigenvalue weighted by atomic mass is 15.1. The molecule has 8 fully saturated rings. The van der Waals surface area contributed by atoms with Crippen LogP contribution in [0, 0.1) is 46.3 Å². The first-order valence-corrected chi connectivity index (χ1v) is 5.95. The lowest BCUT2D eigenvalue weighted by molar-refractivity contribution is 0.315. The summed E-state index contributed by atoms with van der Waals surface area (Å²) in [5, 5.41) is 0. The predicted octanol–water partition coefficient (Wildman–Crippen LogP) is 2.30. The average Bonchev–Trinajstić information content (AvgIpc) is 2.99.